The highest BCUT2D eigenvalue weighted by molar-refractivity contribution is 8.04. The van der Waals surface area contributed by atoms with Crippen molar-refractivity contribution in [3.05, 3.63) is 46.4 Å². The van der Waals surface area contributed by atoms with Crippen LogP contribution in [0.15, 0.2) is 40.2 Å². The lowest BCUT2D eigenvalue weighted by Crippen LogP contribution is -2.38. The molecule has 0 radical (unpaired) electrons. The van der Waals surface area contributed by atoms with Gasteiger partial charge in [-0.05, 0) is 49.8 Å². The molecule has 8 nitrogen and oxygen atoms in total. The Morgan fingerprint density at radius 1 is 1.11 bits per heavy atom. The fourth-order valence-corrected chi connectivity index (χ4v) is 5.96. The quantitative estimate of drug-likeness (QED) is 0.402. The topological polar surface area (TPSA) is 106 Å². The number of benzene rings is 1. The number of fused-ring (bicyclic) bond motifs is 1. The Hall–Kier alpha value is -2.65. The SMILES string of the molecule is CCCCOC(=O)C1CNCC=C2SC(c3ccc(C(=O)NC4CCC(C(=O)OC)CC4)cc3)N=C21. The van der Waals surface area contributed by atoms with Gasteiger partial charge in [-0.2, -0.15) is 0 Å². The number of nitrogens with zero attached hydrogens (tertiary/aromatic N) is 1. The van der Waals surface area contributed by atoms with Crippen molar-refractivity contribution in [3.63, 3.8) is 0 Å². The Morgan fingerprint density at radius 2 is 1.86 bits per heavy atom. The maximum absolute atomic E-state index is 12.8. The maximum atomic E-state index is 12.8. The molecule has 1 aromatic rings. The fourth-order valence-electron chi connectivity index (χ4n) is 4.76. The summed E-state index contributed by atoms with van der Waals surface area (Å²) >= 11 is 1.63. The molecule has 2 atom stereocenters. The molecule has 0 bridgehead atoms. The molecule has 36 heavy (non-hydrogen) atoms. The van der Waals surface area contributed by atoms with Crippen molar-refractivity contribution >= 4 is 35.3 Å². The minimum Gasteiger partial charge on any atom is -0.469 e. The van der Waals surface area contributed by atoms with Gasteiger partial charge in [0.1, 0.15) is 11.3 Å². The van der Waals surface area contributed by atoms with Crippen LogP contribution < -0.4 is 10.6 Å². The van der Waals surface area contributed by atoms with Crippen LogP contribution in [-0.2, 0) is 19.1 Å². The third-order valence-electron chi connectivity index (χ3n) is 6.94. The van der Waals surface area contributed by atoms with E-state index in [0.717, 1.165) is 54.7 Å². The first-order valence-corrected chi connectivity index (χ1v) is 13.7. The monoisotopic (exact) mass is 513 g/mol. The second-order valence-corrected chi connectivity index (χ2v) is 10.6. The molecular weight excluding hydrogens is 478 g/mol. The summed E-state index contributed by atoms with van der Waals surface area (Å²) in [5.74, 6) is -0.971. The van der Waals surface area contributed by atoms with Gasteiger partial charge in [0.25, 0.3) is 5.91 Å². The van der Waals surface area contributed by atoms with Gasteiger partial charge in [-0.15, -0.1) is 0 Å². The average molecular weight is 514 g/mol. The molecule has 1 saturated carbocycles. The summed E-state index contributed by atoms with van der Waals surface area (Å²) in [6.45, 7) is 3.70. The van der Waals surface area contributed by atoms with Gasteiger partial charge >= 0.3 is 11.9 Å². The van der Waals surface area contributed by atoms with Crippen molar-refractivity contribution in [2.24, 2.45) is 16.8 Å². The van der Waals surface area contributed by atoms with Crippen molar-refractivity contribution in [1.29, 1.82) is 0 Å². The zero-order chi connectivity index (χ0) is 25.5. The molecular formula is C27H35N3O5S. The predicted octanol–water partition coefficient (Wildman–Crippen LogP) is 3.78. The summed E-state index contributed by atoms with van der Waals surface area (Å²) in [5, 5.41) is 6.22. The Labute approximate surface area is 216 Å². The van der Waals surface area contributed by atoms with Gasteiger partial charge in [0, 0.05) is 29.6 Å². The highest BCUT2D eigenvalue weighted by Gasteiger charge is 2.36. The van der Waals surface area contributed by atoms with Crippen molar-refractivity contribution in [2.75, 3.05) is 26.8 Å². The summed E-state index contributed by atoms with van der Waals surface area (Å²) < 4.78 is 10.3. The lowest BCUT2D eigenvalue weighted by Gasteiger charge is -2.27. The van der Waals surface area contributed by atoms with Gasteiger partial charge in [0.15, 0.2) is 0 Å². The van der Waals surface area contributed by atoms with Gasteiger partial charge in [-0.25, -0.2) is 0 Å². The highest BCUT2D eigenvalue weighted by atomic mass is 32.2. The third-order valence-corrected chi connectivity index (χ3v) is 8.17. The molecule has 194 valence electrons. The summed E-state index contributed by atoms with van der Waals surface area (Å²) in [4.78, 5) is 43.1. The summed E-state index contributed by atoms with van der Waals surface area (Å²) in [5.41, 5.74) is 2.38. The maximum Gasteiger partial charge on any atom is 0.316 e. The number of rotatable bonds is 8. The molecule has 2 aliphatic heterocycles. The molecule has 1 fully saturated rings. The Balaban J connectivity index is 1.36. The van der Waals surface area contributed by atoms with E-state index in [4.69, 9.17) is 14.5 Å². The molecule has 2 N–H and O–H groups in total. The lowest BCUT2D eigenvalue weighted by molar-refractivity contribution is -0.147. The molecule has 3 aliphatic rings. The van der Waals surface area contributed by atoms with Crippen LogP contribution in [0.25, 0.3) is 0 Å². The number of methoxy groups -OCH3 is 1. The van der Waals surface area contributed by atoms with Crippen LogP contribution in [0.4, 0.5) is 0 Å². The predicted molar refractivity (Wildman–Crippen MR) is 140 cm³/mol. The van der Waals surface area contributed by atoms with Crippen LogP contribution in [0.2, 0.25) is 0 Å². The van der Waals surface area contributed by atoms with Gasteiger partial charge in [-0.3, -0.25) is 19.4 Å². The number of nitrogens with one attached hydrogen (secondary N) is 2. The number of hydrogen-bond acceptors (Lipinski definition) is 8. The van der Waals surface area contributed by atoms with E-state index in [-0.39, 0.29) is 35.2 Å². The molecule has 9 heteroatoms. The number of esters is 2. The number of unbranched alkanes of at least 4 members (excludes halogenated alkanes) is 1. The first-order valence-electron chi connectivity index (χ1n) is 12.8. The number of aliphatic imine (C=N–C) groups is 1. The molecule has 1 aromatic carbocycles. The molecule has 0 aromatic heterocycles. The molecule has 1 aliphatic carbocycles. The molecule has 2 heterocycles. The molecule has 1 amide bonds. The Morgan fingerprint density at radius 3 is 2.56 bits per heavy atom. The van der Waals surface area contributed by atoms with E-state index in [2.05, 4.69) is 23.6 Å². The number of thioether (sulfide) groups is 1. The summed E-state index contributed by atoms with van der Waals surface area (Å²) in [7, 11) is 1.42. The van der Waals surface area contributed by atoms with E-state index < -0.39 is 5.92 Å². The molecule has 4 rings (SSSR count). The van der Waals surface area contributed by atoms with E-state index in [1.807, 2.05) is 24.3 Å². The van der Waals surface area contributed by atoms with Crippen LogP contribution in [0.1, 0.15) is 66.7 Å². The van der Waals surface area contributed by atoms with Crippen molar-refractivity contribution in [1.82, 2.24) is 10.6 Å². The first kappa shape index (κ1) is 26.4. The van der Waals surface area contributed by atoms with Gasteiger partial charge in [0.05, 0.1) is 25.3 Å². The third kappa shape index (κ3) is 6.37. The summed E-state index contributed by atoms with van der Waals surface area (Å²) in [6.07, 6.45) is 6.91. The van der Waals surface area contributed by atoms with Crippen LogP contribution in [0.3, 0.4) is 0 Å². The number of ether oxygens (including phenoxy) is 2. The fraction of sp³-hybridized carbons (Fsp3) is 0.556. The van der Waals surface area contributed by atoms with E-state index >= 15 is 0 Å². The lowest BCUT2D eigenvalue weighted by atomic mass is 9.86. The van der Waals surface area contributed by atoms with Gasteiger partial charge in [-0.1, -0.05) is 43.3 Å². The number of carbonyl (C=O) groups excluding carboxylic acids is 3. The first-order chi connectivity index (χ1) is 17.5. The van der Waals surface area contributed by atoms with Gasteiger partial charge in [0.2, 0.25) is 0 Å². The van der Waals surface area contributed by atoms with Crippen molar-refractivity contribution < 1.29 is 23.9 Å². The van der Waals surface area contributed by atoms with E-state index in [9.17, 15) is 14.4 Å². The minimum absolute atomic E-state index is 0.0651. The Bertz CT molecular complexity index is 1010. The number of amides is 1. The van der Waals surface area contributed by atoms with E-state index in [0.29, 0.717) is 25.3 Å². The van der Waals surface area contributed by atoms with Gasteiger partial charge < -0.3 is 20.1 Å². The zero-order valence-corrected chi connectivity index (χ0v) is 21.8. The van der Waals surface area contributed by atoms with Crippen LogP contribution in [0, 0.1) is 11.8 Å². The molecule has 2 unspecified atom stereocenters. The largest absolute Gasteiger partial charge is 0.469 e. The standard InChI is InChI=1S/C27H35N3O5S/c1-3-4-15-35-27(33)21-16-28-14-13-22-23(21)30-25(36-22)18-7-5-17(6-8-18)24(31)29-20-11-9-19(10-12-20)26(32)34-2/h5-8,13,19-21,25,28H,3-4,9-12,14-16H2,1-2H3,(H,29,31). The Kier molecular flexibility index (Phi) is 9.20. The zero-order valence-electron chi connectivity index (χ0n) is 21.0. The number of allylic oxidation sites excluding steroid dienone is 1. The van der Waals surface area contributed by atoms with E-state index in [1.165, 1.54) is 7.11 Å². The van der Waals surface area contributed by atoms with Crippen LogP contribution >= 0.6 is 11.8 Å². The highest BCUT2D eigenvalue weighted by Crippen LogP contribution is 2.44. The van der Waals surface area contributed by atoms with Crippen molar-refractivity contribution in [3.8, 4) is 0 Å². The second kappa shape index (κ2) is 12.5. The molecule has 0 spiro atoms. The van der Waals surface area contributed by atoms with Crippen LogP contribution in [0.5, 0.6) is 0 Å². The smallest absolute Gasteiger partial charge is 0.316 e. The van der Waals surface area contributed by atoms with E-state index in [1.54, 1.807) is 11.8 Å². The minimum atomic E-state index is -0.410. The normalized spacial score (nSPS) is 25.6. The van der Waals surface area contributed by atoms with Crippen LogP contribution in [-0.4, -0.2) is 56.4 Å². The summed E-state index contributed by atoms with van der Waals surface area (Å²) in [6, 6.07) is 7.59. The number of hydrogen-bond donors (Lipinski definition) is 2. The average Bonchev–Trinajstić information content (AvgIpc) is 3.22. The number of carbonyl (C=O) groups is 3. The van der Waals surface area contributed by atoms with Crippen molar-refractivity contribution in [2.45, 2.75) is 56.9 Å². The second-order valence-electron chi connectivity index (χ2n) is 9.45. The molecule has 0 saturated heterocycles.